The summed E-state index contributed by atoms with van der Waals surface area (Å²) in [6.45, 7) is 12.4. The highest BCUT2D eigenvalue weighted by molar-refractivity contribution is 7.80. The lowest BCUT2D eigenvalue weighted by atomic mass is 9.77. The Hall–Kier alpha value is -0.640. The van der Waals surface area contributed by atoms with E-state index in [0.29, 0.717) is 22.7 Å². The Morgan fingerprint density at radius 2 is 1.85 bits per heavy atom. The van der Waals surface area contributed by atoms with Crippen LogP contribution >= 0.6 is 12.2 Å². The van der Waals surface area contributed by atoms with Crippen molar-refractivity contribution in [1.29, 1.82) is 0 Å². The van der Waals surface area contributed by atoms with E-state index in [2.05, 4.69) is 20.8 Å². The first-order valence-electron chi connectivity index (χ1n) is 7.72. The fourth-order valence-corrected chi connectivity index (χ4v) is 3.18. The van der Waals surface area contributed by atoms with E-state index in [1.165, 1.54) is 6.42 Å². The van der Waals surface area contributed by atoms with Gasteiger partial charge in [-0.05, 0) is 43.9 Å². The van der Waals surface area contributed by atoms with Crippen LogP contribution in [0, 0.1) is 16.7 Å². The summed E-state index contributed by atoms with van der Waals surface area (Å²) in [5.74, 6) is 0.792. The van der Waals surface area contributed by atoms with Crippen molar-refractivity contribution >= 4 is 23.1 Å². The van der Waals surface area contributed by atoms with Gasteiger partial charge in [0.2, 0.25) is 5.91 Å². The van der Waals surface area contributed by atoms with Crippen LogP contribution in [0.5, 0.6) is 0 Å². The van der Waals surface area contributed by atoms with Crippen LogP contribution in [0.1, 0.15) is 60.3 Å². The summed E-state index contributed by atoms with van der Waals surface area (Å²) in [6.07, 6.45) is 4.01. The largest absolute Gasteiger partial charge is 0.392 e. The second-order valence-electron chi connectivity index (χ2n) is 7.34. The molecule has 0 bridgehead atoms. The summed E-state index contributed by atoms with van der Waals surface area (Å²) in [5, 5.41) is 0. The number of nitrogens with two attached hydrogens (primary N) is 1. The van der Waals surface area contributed by atoms with Crippen LogP contribution in [0.3, 0.4) is 0 Å². The number of carbonyl (C=O) groups is 1. The van der Waals surface area contributed by atoms with Gasteiger partial charge in [0.1, 0.15) is 0 Å². The van der Waals surface area contributed by atoms with E-state index in [1.54, 1.807) is 0 Å². The number of amides is 1. The third kappa shape index (κ3) is 3.72. The lowest BCUT2D eigenvalue weighted by molar-refractivity contribution is -0.137. The summed E-state index contributed by atoms with van der Waals surface area (Å²) in [5.41, 5.74) is 5.44. The number of carbonyl (C=O) groups excluding carboxylic acids is 1. The monoisotopic (exact) mass is 298 g/mol. The van der Waals surface area contributed by atoms with Gasteiger partial charge in [-0.3, -0.25) is 4.79 Å². The van der Waals surface area contributed by atoms with Crippen LogP contribution in [-0.2, 0) is 4.79 Å². The molecule has 1 fully saturated rings. The lowest BCUT2D eigenvalue weighted by Crippen LogP contribution is -2.49. The SMILES string of the molecule is CCC(C)(C(=O)N1CCCC(C(C)(C)C)CC1)C(N)=S. The van der Waals surface area contributed by atoms with Crippen LogP contribution in [0.15, 0.2) is 0 Å². The molecular weight excluding hydrogens is 268 g/mol. The molecule has 1 rings (SSSR count). The Balaban J connectivity index is 2.79. The molecule has 0 radical (unpaired) electrons. The van der Waals surface area contributed by atoms with E-state index in [4.69, 9.17) is 18.0 Å². The molecule has 0 aromatic heterocycles. The molecule has 3 nitrogen and oxygen atoms in total. The van der Waals surface area contributed by atoms with Gasteiger partial charge in [-0.1, -0.05) is 39.9 Å². The Morgan fingerprint density at radius 3 is 2.30 bits per heavy atom. The van der Waals surface area contributed by atoms with Gasteiger partial charge in [0, 0.05) is 13.1 Å². The van der Waals surface area contributed by atoms with Gasteiger partial charge >= 0.3 is 0 Å². The number of rotatable bonds is 3. The molecule has 1 aliphatic heterocycles. The number of nitrogens with zero attached hydrogens (tertiary/aromatic N) is 1. The van der Waals surface area contributed by atoms with Gasteiger partial charge in [-0.15, -0.1) is 0 Å². The van der Waals surface area contributed by atoms with Crippen LogP contribution in [0.25, 0.3) is 0 Å². The first-order valence-corrected chi connectivity index (χ1v) is 8.13. The molecule has 1 saturated heterocycles. The minimum atomic E-state index is -0.684. The van der Waals surface area contributed by atoms with Gasteiger partial charge in [-0.2, -0.15) is 0 Å². The summed E-state index contributed by atoms with van der Waals surface area (Å²) in [4.78, 5) is 15.1. The molecule has 0 aromatic rings. The zero-order valence-corrected chi connectivity index (χ0v) is 14.5. The van der Waals surface area contributed by atoms with Crippen molar-refractivity contribution in [3.8, 4) is 0 Å². The Bertz CT molecular complexity index is 375. The molecule has 0 saturated carbocycles. The van der Waals surface area contributed by atoms with E-state index in [-0.39, 0.29) is 5.91 Å². The zero-order chi connectivity index (χ0) is 15.6. The highest BCUT2D eigenvalue weighted by atomic mass is 32.1. The predicted octanol–water partition coefficient (Wildman–Crippen LogP) is 3.36. The van der Waals surface area contributed by atoms with E-state index >= 15 is 0 Å². The maximum atomic E-state index is 12.8. The molecule has 2 unspecified atom stereocenters. The van der Waals surface area contributed by atoms with Crippen molar-refractivity contribution in [2.75, 3.05) is 13.1 Å². The molecule has 0 aromatic carbocycles. The van der Waals surface area contributed by atoms with Crippen LogP contribution in [-0.4, -0.2) is 28.9 Å². The molecule has 2 atom stereocenters. The van der Waals surface area contributed by atoms with E-state index in [9.17, 15) is 4.79 Å². The second kappa shape index (κ2) is 6.42. The molecular formula is C16H30N2OS. The summed E-state index contributed by atoms with van der Waals surface area (Å²) in [7, 11) is 0. The van der Waals surface area contributed by atoms with Crippen molar-refractivity contribution in [3.63, 3.8) is 0 Å². The minimum absolute atomic E-state index is 0.113. The van der Waals surface area contributed by atoms with E-state index in [1.807, 2.05) is 18.7 Å². The Morgan fingerprint density at radius 1 is 1.25 bits per heavy atom. The van der Waals surface area contributed by atoms with Gasteiger partial charge < -0.3 is 10.6 Å². The molecule has 0 aliphatic carbocycles. The normalized spacial score (nSPS) is 23.9. The smallest absolute Gasteiger partial charge is 0.235 e. The average molecular weight is 298 g/mol. The molecule has 0 spiro atoms. The quantitative estimate of drug-likeness (QED) is 0.813. The van der Waals surface area contributed by atoms with E-state index < -0.39 is 5.41 Å². The highest BCUT2D eigenvalue weighted by Crippen LogP contribution is 2.35. The van der Waals surface area contributed by atoms with Crippen molar-refractivity contribution in [1.82, 2.24) is 4.90 Å². The van der Waals surface area contributed by atoms with Crippen LogP contribution < -0.4 is 5.73 Å². The van der Waals surface area contributed by atoms with Gasteiger partial charge in [0.25, 0.3) is 0 Å². The molecule has 1 heterocycles. The number of thiocarbonyl (C=S) groups is 1. The number of likely N-dealkylation sites (tertiary alicyclic amines) is 1. The lowest BCUT2D eigenvalue weighted by Gasteiger charge is -2.33. The van der Waals surface area contributed by atoms with Crippen LogP contribution in [0.4, 0.5) is 0 Å². The third-order valence-corrected chi connectivity index (χ3v) is 5.41. The Kier molecular flexibility index (Phi) is 5.59. The maximum Gasteiger partial charge on any atom is 0.235 e. The van der Waals surface area contributed by atoms with Crippen molar-refractivity contribution < 1.29 is 4.79 Å². The fraction of sp³-hybridized carbons (Fsp3) is 0.875. The van der Waals surface area contributed by atoms with Crippen molar-refractivity contribution in [2.45, 2.75) is 60.3 Å². The summed E-state index contributed by atoms with van der Waals surface area (Å²) >= 11 is 5.12. The van der Waals surface area contributed by atoms with Gasteiger partial charge in [0.15, 0.2) is 0 Å². The first-order chi connectivity index (χ1) is 9.13. The second-order valence-corrected chi connectivity index (χ2v) is 7.78. The summed E-state index contributed by atoms with van der Waals surface area (Å²) in [6, 6.07) is 0. The molecule has 1 amide bonds. The standard InChI is InChI=1S/C16H30N2OS/c1-6-16(5,13(17)20)14(19)18-10-7-8-12(9-11-18)15(2,3)4/h12H,6-11H2,1-5H3,(H2,17,20). The minimum Gasteiger partial charge on any atom is -0.392 e. The summed E-state index contributed by atoms with van der Waals surface area (Å²) < 4.78 is 0. The Labute approximate surface area is 129 Å². The van der Waals surface area contributed by atoms with Gasteiger partial charge in [0.05, 0.1) is 10.4 Å². The number of hydrogen-bond donors (Lipinski definition) is 1. The molecule has 20 heavy (non-hydrogen) atoms. The first kappa shape index (κ1) is 17.4. The topological polar surface area (TPSA) is 46.3 Å². The van der Waals surface area contributed by atoms with E-state index in [0.717, 1.165) is 25.9 Å². The van der Waals surface area contributed by atoms with Crippen LogP contribution in [0.2, 0.25) is 0 Å². The third-order valence-electron chi connectivity index (χ3n) is 4.96. The number of hydrogen-bond acceptors (Lipinski definition) is 2. The average Bonchev–Trinajstić information content (AvgIpc) is 2.61. The maximum absolute atomic E-state index is 12.8. The fourth-order valence-electron chi connectivity index (χ4n) is 2.95. The van der Waals surface area contributed by atoms with Crippen molar-refractivity contribution in [2.24, 2.45) is 22.5 Å². The molecule has 4 heteroatoms. The predicted molar refractivity (Wildman–Crippen MR) is 88.6 cm³/mol. The zero-order valence-electron chi connectivity index (χ0n) is 13.7. The van der Waals surface area contributed by atoms with Crippen molar-refractivity contribution in [3.05, 3.63) is 0 Å². The molecule has 1 aliphatic rings. The molecule has 116 valence electrons. The molecule has 2 N–H and O–H groups in total. The van der Waals surface area contributed by atoms with Gasteiger partial charge in [-0.25, -0.2) is 0 Å². The highest BCUT2D eigenvalue weighted by Gasteiger charge is 2.39.